The number of hydrogen-bond donors (Lipinski definition) is 0. The van der Waals surface area contributed by atoms with Gasteiger partial charge in [-0.05, 0) is 48.4 Å². The Balaban J connectivity index is 1.39. The van der Waals surface area contributed by atoms with Crippen LogP contribution in [0.25, 0.3) is 50.1 Å². The smallest absolute Gasteiger partial charge is 0.138 e. The van der Waals surface area contributed by atoms with Gasteiger partial charge < -0.3 is 4.90 Å². The van der Waals surface area contributed by atoms with Crippen LogP contribution in [0.1, 0.15) is 5.56 Å². The van der Waals surface area contributed by atoms with Gasteiger partial charge in [-0.15, -0.1) is 0 Å². The molecule has 0 saturated heterocycles. The lowest BCUT2D eigenvalue weighted by atomic mass is 10.0. The first kappa shape index (κ1) is 25.9. The SMILES string of the molecule is C1=CCc2ccc3c(c2N(c2cccc(-c4ccccc4)n2)CC=C1)c1ccccc1n3-c1cccc(-c2ccccc2)n1. The second-order valence-electron chi connectivity index (χ2n) is 11.0. The van der Waals surface area contributed by atoms with Crippen molar-refractivity contribution in [2.45, 2.75) is 6.42 Å². The lowest BCUT2D eigenvalue weighted by molar-refractivity contribution is 1.04. The van der Waals surface area contributed by atoms with Crippen molar-refractivity contribution in [2.75, 3.05) is 11.4 Å². The zero-order chi connectivity index (χ0) is 29.3. The van der Waals surface area contributed by atoms with Gasteiger partial charge in [-0.1, -0.05) is 121 Å². The Bertz CT molecular complexity index is 2180. The quantitative estimate of drug-likeness (QED) is 0.213. The normalized spacial score (nSPS) is 13.0. The molecule has 7 aromatic rings. The Hall–Kier alpha value is -5.74. The number of benzene rings is 4. The van der Waals surface area contributed by atoms with Gasteiger partial charge >= 0.3 is 0 Å². The van der Waals surface area contributed by atoms with E-state index in [2.05, 4.69) is 155 Å². The predicted octanol–water partition coefficient (Wildman–Crippen LogP) is 9.71. The van der Waals surface area contributed by atoms with Crippen LogP contribution in [0, 0.1) is 0 Å². The summed E-state index contributed by atoms with van der Waals surface area (Å²) in [7, 11) is 0. The van der Waals surface area contributed by atoms with Crippen LogP contribution in [0.2, 0.25) is 0 Å². The molecule has 8 rings (SSSR count). The van der Waals surface area contributed by atoms with Crippen molar-refractivity contribution < 1.29 is 0 Å². The number of allylic oxidation sites excluding steroid dienone is 3. The molecule has 4 heterocycles. The predicted molar refractivity (Wildman–Crippen MR) is 183 cm³/mol. The second-order valence-corrected chi connectivity index (χ2v) is 11.0. The number of pyridine rings is 2. The van der Waals surface area contributed by atoms with E-state index in [1.807, 2.05) is 12.1 Å². The van der Waals surface area contributed by atoms with E-state index in [9.17, 15) is 0 Å². The van der Waals surface area contributed by atoms with Gasteiger partial charge in [-0.25, -0.2) is 9.97 Å². The molecule has 0 aliphatic carbocycles. The summed E-state index contributed by atoms with van der Waals surface area (Å²) in [6, 6.07) is 46.6. The standard InChI is InChI=1S/C40H30N4/c1-2-12-28-43(37-24-13-21-33(41-37)29-15-6-3-7-16-29)40-31(19-5-1)26-27-36-39(40)32-20-10-11-23-35(32)44(36)38-25-14-22-34(42-38)30-17-8-4-9-18-30/h1-18,20-27H,19,28H2. The third-order valence-corrected chi connectivity index (χ3v) is 8.29. The summed E-state index contributed by atoms with van der Waals surface area (Å²) < 4.78 is 2.31. The van der Waals surface area contributed by atoms with Gasteiger partial charge in [-0.2, -0.15) is 0 Å². The van der Waals surface area contributed by atoms with Crippen LogP contribution in [-0.2, 0) is 6.42 Å². The largest absolute Gasteiger partial charge is 0.322 e. The zero-order valence-corrected chi connectivity index (χ0v) is 24.2. The highest BCUT2D eigenvalue weighted by molar-refractivity contribution is 6.16. The van der Waals surface area contributed by atoms with E-state index < -0.39 is 0 Å². The highest BCUT2D eigenvalue weighted by atomic mass is 15.2. The molecule has 0 unspecified atom stereocenters. The molecule has 0 spiro atoms. The van der Waals surface area contributed by atoms with Gasteiger partial charge in [0.25, 0.3) is 0 Å². The molecule has 0 bridgehead atoms. The first-order valence-corrected chi connectivity index (χ1v) is 15.0. The van der Waals surface area contributed by atoms with Crippen molar-refractivity contribution in [3.05, 3.63) is 163 Å². The summed E-state index contributed by atoms with van der Waals surface area (Å²) in [5, 5.41) is 2.41. The van der Waals surface area contributed by atoms with Crippen LogP contribution in [0.3, 0.4) is 0 Å². The Morgan fingerprint density at radius 1 is 0.500 bits per heavy atom. The number of aromatic nitrogens is 3. The van der Waals surface area contributed by atoms with Crippen molar-refractivity contribution in [2.24, 2.45) is 0 Å². The van der Waals surface area contributed by atoms with E-state index in [0.29, 0.717) is 6.54 Å². The average molecular weight is 567 g/mol. The van der Waals surface area contributed by atoms with Crippen molar-refractivity contribution in [1.29, 1.82) is 0 Å². The number of fused-ring (bicyclic) bond motifs is 5. The molecule has 0 amide bonds. The summed E-state index contributed by atoms with van der Waals surface area (Å²) in [5.41, 5.74) is 8.83. The first-order chi connectivity index (χ1) is 21.8. The fourth-order valence-corrected chi connectivity index (χ4v) is 6.28. The molecular formula is C40H30N4. The molecular weight excluding hydrogens is 536 g/mol. The van der Waals surface area contributed by atoms with E-state index in [0.717, 1.165) is 51.6 Å². The molecule has 0 atom stereocenters. The van der Waals surface area contributed by atoms with Gasteiger partial charge in [0.2, 0.25) is 0 Å². The van der Waals surface area contributed by atoms with E-state index >= 15 is 0 Å². The molecule has 1 aliphatic rings. The van der Waals surface area contributed by atoms with Crippen molar-refractivity contribution >= 4 is 33.3 Å². The van der Waals surface area contributed by atoms with Crippen LogP contribution in [0.15, 0.2) is 158 Å². The monoisotopic (exact) mass is 566 g/mol. The maximum atomic E-state index is 5.22. The summed E-state index contributed by atoms with van der Waals surface area (Å²) in [5.74, 6) is 1.82. The number of nitrogens with zero attached hydrogens (tertiary/aromatic N) is 4. The minimum absolute atomic E-state index is 0.697. The molecule has 4 heteroatoms. The zero-order valence-electron chi connectivity index (χ0n) is 24.2. The lowest BCUT2D eigenvalue weighted by Gasteiger charge is -2.26. The van der Waals surface area contributed by atoms with Crippen LogP contribution < -0.4 is 4.90 Å². The Kier molecular flexibility index (Phi) is 6.58. The average Bonchev–Trinajstić information content (AvgIpc) is 3.48. The summed E-state index contributed by atoms with van der Waals surface area (Å²) in [4.78, 5) is 12.8. The third kappa shape index (κ3) is 4.58. The topological polar surface area (TPSA) is 34.0 Å². The molecule has 0 saturated carbocycles. The third-order valence-electron chi connectivity index (χ3n) is 8.29. The molecule has 4 aromatic carbocycles. The minimum Gasteiger partial charge on any atom is -0.322 e. The van der Waals surface area contributed by atoms with Crippen LogP contribution in [0.5, 0.6) is 0 Å². The Labute approximate surface area is 256 Å². The first-order valence-electron chi connectivity index (χ1n) is 15.0. The molecule has 0 N–H and O–H groups in total. The van der Waals surface area contributed by atoms with Crippen LogP contribution in [-0.4, -0.2) is 21.1 Å². The number of hydrogen-bond acceptors (Lipinski definition) is 3. The van der Waals surface area contributed by atoms with E-state index in [1.165, 1.54) is 22.0 Å². The molecule has 1 aliphatic heterocycles. The highest BCUT2D eigenvalue weighted by Crippen LogP contribution is 2.43. The number of rotatable bonds is 4. The minimum atomic E-state index is 0.697. The van der Waals surface area contributed by atoms with Crippen LogP contribution >= 0.6 is 0 Å². The van der Waals surface area contributed by atoms with Gasteiger partial charge in [0.15, 0.2) is 0 Å². The molecule has 0 radical (unpaired) electrons. The maximum absolute atomic E-state index is 5.22. The fraction of sp³-hybridized carbons (Fsp3) is 0.0500. The lowest BCUT2D eigenvalue weighted by Crippen LogP contribution is -2.20. The van der Waals surface area contributed by atoms with E-state index in [-0.39, 0.29) is 0 Å². The van der Waals surface area contributed by atoms with Gasteiger partial charge in [-0.3, -0.25) is 4.57 Å². The summed E-state index contributed by atoms with van der Waals surface area (Å²) in [6.45, 7) is 0.697. The van der Waals surface area contributed by atoms with Gasteiger partial charge in [0.1, 0.15) is 11.6 Å². The fourth-order valence-electron chi connectivity index (χ4n) is 6.28. The van der Waals surface area contributed by atoms with Crippen molar-refractivity contribution in [1.82, 2.24) is 14.5 Å². The molecule has 0 fully saturated rings. The van der Waals surface area contributed by atoms with E-state index in [4.69, 9.17) is 9.97 Å². The number of para-hydroxylation sites is 1. The van der Waals surface area contributed by atoms with Crippen LogP contribution in [0.4, 0.5) is 11.5 Å². The van der Waals surface area contributed by atoms with Gasteiger partial charge in [0.05, 0.1) is 28.1 Å². The van der Waals surface area contributed by atoms with Crippen molar-refractivity contribution in [3.63, 3.8) is 0 Å². The second kappa shape index (κ2) is 11.2. The maximum Gasteiger partial charge on any atom is 0.138 e. The Morgan fingerprint density at radius 2 is 1.14 bits per heavy atom. The molecule has 44 heavy (non-hydrogen) atoms. The summed E-state index contributed by atoms with van der Waals surface area (Å²) >= 11 is 0. The molecule has 210 valence electrons. The summed E-state index contributed by atoms with van der Waals surface area (Å²) in [6.07, 6.45) is 9.56. The highest BCUT2D eigenvalue weighted by Gasteiger charge is 2.23. The number of anilines is 2. The van der Waals surface area contributed by atoms with Gasteiger partial charge in [0, 0.05) is 28.4 Å². The molecule has 4 nitrogen and oxygen atoms in total. The molecule has 3 aromatic heterocycles. The Morgan fingerprint density at radius 3 is 1.89 bits per heavy atom. The van der Waals surface area contributed by atoms with E-state index in [1.54, 1.807) is 0 Å². The van der Waals surface area contributed by atoms with Crippen molar-refractivity contribution in [3.8, 4) is 28.3 Å².